The summed E-state index contributed by atoms with van der Waals surface area (Å²) in [5.41, 5.74) is 6.39. The van der Waals surface area contributed by atoms with Crippen LogP contribution in [0.25, 0.3) is 0 Å². The predicted octanol–water partition coefficient (Wildman–Crippen LogP) is 0.0671. The summed E-state index contributed by atoms with van der Waals surface area (Å²) < 4.78 is 25.3. The first kappa shape index (κ1) is 16.3. The lowest BCUT2D eigenvalue weighted by molar-refractivity contribution is -0.119. The molecule has 1 amide bonds. The number of nitrogen functional groups attached to an aromatic ring is 1. The van der Waals surface area contributed by atoms with E-state index in [1.807, 2.05) is 6.92 Å². The van der Waals surface area contributed by atoms with E-state index in [0.717, 1.165) is 4.31 Å². The number of nitrogens with zero attached hydrogens (tertiary/aromatic N) is 1. The summed E-state index contributed by atoms with van der Waals surface area (Å²) in [6, 6.07) is 4.64. The molecule has 1 rings (SSSR count). The number of anilines is 2. The average molecular weight is 300 g/mol. The molecule has 0 bridgehead atoms. The topological polar surface area (TPSA) is 105 Å². The second-order valence-corrected chi connectivity index (χ2v) is 6.43. The highest BCUT2D eigenvalue weighted by atomic mass is 32.2. The maximum Gasteiger partial charge on any atom is 0.244 e. The summed E-state index contributed by atoms with van der Waals surface area (Å²) in [4.78, 5) is 11.4. The Morgan fingerprint density at radius 2 is 2.00 bits per heavy atom. The molecule has 1 aromatic rings. The van der Waals surface area contributed by atoms with E-state index in [1.165, 1.54) is 20.2 Å². The molecule has 4 N–H and O–H groups in total. The highest BCUT2D eigenvalue weighted by Crippen LogP contribution is 2.27. The van der Waals surface area contributed by atoms with Crippen LogP contribution in [0.2, 0.25) is 0 Å². The SMILES string of the molecule is CCNC(=O)CNc1cccc(S(=O)(=O)N(C)C)c1N. The number of amides is 1. The molecule has 0 saturated carbocycles. The Morgan fingerprint density at radius 3 is 2.55 bits per heavy atom. The molecule has 0 aliphatic carbocycles. The first-order chi connectivity index (χ1) is 9.30. The fraction of sp³-hybridized carbons (Fsp3) is 0.417. The number of nitrogens with two attached hydrogens (primary N) is 1. The number of likely N-dealkylation sites (N-methyl/N-ethyl adjacent to an activating group) is 1. The number of carbonyl (C=O) groups excluding carboxylic acids is 1. The highest BCUT2D eigenvalue weighted by molar-refractivity contribution is 7.89. The van der Waals surface area contributed by atoms with Crippen LogP contribution in [0.4, 0.5) is 11.4 Å². The van der Waals surface area contributed by atoms with Crippen molar-refractivity contribution in [3.8, 4) is 0 Å². The maximum atomic E-state index is 12.1. The molecule has 0 heterocycles. The third-order valence-electron chi connectivity index (χ3n) is 2.64. The van der Waals surface area contributed by atoms with E-state index in [0.29, 0.717) is 12.2 Å². The first-order valence-corrected chi connectivity index (χ1v) is 7.56. The van der Waals surface area contributed by atoms with E-state index in [2.05, 4.69) is 10.6 Å². The second kappa shape index (κ2) is 6.58. The van der Waals surface area contributed by atoms with E-state index in [-0.39, 0.29) is 23.0 Å². The zero-order chi connectivity index (χ0) is 15.3. The van der Waals surface area contributed by atoms with Gasteiger partial charge in [0.2, 0.25) is 15.9 Å². The van der Waals surface area contributed by atoms with Crippen molar-refractivity contribution in [2.45, 2.75) is 11.8 Å². The van der Waals surface area contributed by atoms with E-state index in [9.17, 15) is 13.2 Å². The Morgan fingerprint density at radius 1 is 1.35 bits per heavy atom. The monoisotopic (exact) mass is 300 g/mol. The Hall–Kier alpha value is -1.80. The van der Waals surface area contributed by atoms with E-state index in [1.54, 1.807) is 12.1 Å². The first-order valence-electron chi connectivity index (χ1n) is 6.12. The summed E-state index contributed by atoms with van der Waals surface area (Å²) >= 11 is 0. The molecule has 0 saturated heterocycles. The number of rotatable bonds is 6. The molecule has 8 heteroatoms. The number of nitrogens with one attached hydrogen (secondary N) is 2. The van der Waals surface area contributed by atoms with Crippen LogP contribution in [0.1, 0.15) is 6.92 Å². The van der Waals surface area contributed by atoms with Crippen LogP contribution >= 0.6 is 0 Å². The van der Waals surface area contributed by atoms with Gasteiger partial charge in [-0.15, -0.1) is 0 Å². The third kappa shape index (κ3) is 3.61. The highest BCUT2D eigenvalue weighted by Gasteiger charge is 2.21. The summed E-state index contributed by atoms with van der Waals surface area (Å²) in [6.07, 6.45) is 0. The molecule has 0 radical (unpaired) electrons. The van der Waals surface area contributed by atoms with Gasteiger partial charge in [0, 0.05) is 20.6 Å². The van der Waals surface area contributed by atoms with Gasteiger partial charge in [-0.1, -0.05) is 6.07 Å². The van der Waals surface area contributed by atoms with Crippen molar-refractivity contribution in [3.63, 3.8) is 0 Å². The van der Waals surface area contributed by atoms with Crippen molar-refractivity contribution in [1.82, 2.24) is 9.62 Å². The third-order valence-corrected chi connectivity index (χ3v) is 4.51. The Bertz CT molecular complexity index is 584. The molecule has 0 spiro atoms. The predicted molar refractivity (Wildman–Crippen MR) is 78.9 cm³/mol. The van der Waals surface area contributed by atoms with Crippen molar-refractivity contribution in [2.24, 2.45) is 0 Å². The maximum absolute atomic E-state index is 12.1. The number of para-hydroxylation sites is 1. The zero-order valence-corrected chi connectivity index (χ0v) is 12.6. The van der Waals surface area contributed by atoms with Crippen molar-refractivity contribution < 1.29 is 13.2 Å². The van der Waals surface area contributed by atoms with E-state index < -0.39 is 10.0 Å². The van der Waals surface area contributed by atoms with Gasteiger partial charge in [-0.2, -0.15) is 0 Å². The number of hydrogen-bond donors (Lipinski definition) is 3. The van der Waals surface area contributed by atoms with Gasteiger partial charge in [0.15, 0.2) is 0 Å². The molecule has 0 aromatic heterocycles. The van der Waals surface area contributed by atoms with Gasteiger partial charge in [0.05, 0.1) is 17.9 Å². The van der Waals surface area contributed by atoms with Gasteiger partial charge in [0.25, 0.3) is 0 Å². The van der Waals surface area contributed by atoms with Crippen molar-refractivity contribution in [1.29, 1.82) is 0 Å². The summed E-state index contributed by atoms with van der Waals surface area (Å²) in [7, 11) is -0.743. The number of carbonyl (C=O) groups is 1. The van der Waals surface area contributed by atoms with Crippen LogP contribution in [-0.4, -0.2) is 45.8 Å². The smallest absolute Gasteiger partial charge is 0.244 e. The van der Waals surface area contributed by atoms with Crippen LogP contribution in [-0.2, 0) is 14.8 Å². The molecular formula is C12H20N4O3S. The minimum absolute atomic E-state index is 0.0170. The average Bonchev–Trinajstić information content (AvgIpc) is 2.37. The van der Waals surface area contributed by atoms with Gasteiger partial charge < -0.3 is 16.4 Å². The van der Waals surface area contributed by atoms with Gasteiger partial charge in [0.1, 0.15) is 4.90 Å². The molecule has 0 unspecified atom stereocenters. The molecular weight excluding hydrogens is 280 g/mol. The zero-order valence-electron chi connectivity index (χ0n) is 11.8. The van der Waals surface area contributed by atoms with Crippen LogP contribution in [0.5, 0.6) is 0 Å². The van der Waals surface area contributed by atoms with Crippen molar-refractivity contribution >= 4 is 27.3 Å². The lowest BCUT2D eigenvalue weighted by Crippen LogP contribution is -2.29. The van der Waals surface area contributed by atoms with Crippen molar-refractivity contribution in [3.05, 3.63) is 18.2 Å². The fourth-order valence-corrected chi connectivity index (χ4v) is 2.59. The Kier molecular flexibility index (Phi) is 5.34. The molecule has 0 aliphatic heterocycles. The molecule has 112 valence electrons. The lowest BCUT2D eigenvalue weighted by atomic mass is 10.2. The quantitative estimate of drug-likeness (QED) is 0.645. The number of benzene rings is 1. The Labute approximate surface area is 119 Å². The van der Waals surface area contributed by atoms with Crippen LogP contribution in [0, 0.1) is 0 Å². The largest absolute Gasteiger partial charge is 0.396 e. The van der Waals surface area contributed by atoms with Crippen molar-refractivity contribution in [2.75, 3.05) is 38.2 Å². The van der Waals surface area contributed by atoms with Gasteiger partial charge in [-0.05, 0) is 19.1 Å². The number of hydrogen-bond acceptors (Lipinski definition) is 5. The molecule has 0 aliphatic rings. The second-order valence-electron chi connectivity index (χ2n) is 4.31. The van der Waals surface area contributed by atoms with Crippen LogP contribution in [0.3, 0.4) is 0 Å². The molecule has 0 atom stereocenters. The lowest BCUT2D eigenvalue weighted by Gasteiger charge is -2.16. The molecule has 20 heavy (non-hydrogen) atoms. The number of sulfonamides is 1. The van der Waals surface area contributed by atoms with Crippen LogP contribution in [0.15, 0.2) is 23.1 Å². The van der Waals surface area contributed by atoms with E-state index in [4.69, 9.17) is 5.73 Å². The molecule has 7 nitrogen and oxygen atoms in total. The van der Waals surface area contributed by atoms with Gasteiger partial charge >= 0.3 is 0 Å². The summed E-state index contributed by atoms with van der Waals surface area (Å²) in [6.45, 7) is 2.38. The summed E-state index contributed by atoms with van der Waals surface area (Å²) in [5, 5.41) is 5.46. The van der Waals surface area contributed by atoms with Crippen LogP contribution < -0.4 is 16.4 Å². The van der Waals surface area contributed by atoms with E-state index >= 15 is 0 Å². The molecule has 1 aromatic carbocycles. The molecule has 0 fully saturated rings. The standard InChI is InChI=1S/C12H20N4O3S/c1-4-14-11(17)8-15-9-6-5-7-10(12(9)13)20(18,19)16(2)3/h5-7,15H,4,8,13H2,1-3H3,(H,14,17). The minimum atomic E-state index is -3.61. The van der Waals surface area contributed by atoms with Gasteiger partial charge in [-0.25, -0.2) is 12.7 Å². The Balaban J connectivity index is 3.00. The minimum Gasteiger partial charge on any atom is -0.396 e. The summed E-state index contributed by atoms with van der Waals surface area (Å²) in [5.74, 6) is -0.187. The fourth-order valence-electron chi connectivity index (χ4n) is 1.55. The van der Waals surface area contributed by atoms with Gasteiger partial charge in [-0.3, -0.25) is 4.79 Å². The normalized spacial score (nSPS) is 11.4.